The molecule has 0 saturated carbocycles. The van der Waals surface area contributed by atoms with Crippen LogP contribution in [-0.4, -0.2) is 41.1 Å². The lowest BCUT2D eigenvalue weighted by molar-refractivity contribution is 0.135. The fraction of sp³-hybridized carbons (Fsp3) is 0.417. The predicted molar refractivity (Wildman–Crippen MR) is 67.9 cm³/mol. The van der Waals surface area contributed by atoms with Gasteiger partial charge in [0.1, 0.15) is 0 Å². The second kappa shape index (κ2) is 5.99. The van der Waals surface area contributed by atoms with Crippen LogP contribution in [0.1, 0.15) is 5.56 Å². The molecular weight excluding hydrogens is 274 g/mol. The van der Waals surface area contributed by atoms with E-state index in [1.165, 1.54) is 0 Å². The molecule has 1 aliphatic heterocycles. The van der Waals surface area contributed by atoms with E-state index in [0.29, 0.717) is 17.9 Å². The summed E-state index contributed by atoms with van der Waals surface area (Å²) < 4.78 is 10.4. The number of rotatable bonds is 5. The SMILES string of the molecule is O=C(O)N[C@@H](Cc1ccc2c(c1)OCO2)[C@H](O)CCl. The molecule has 0 aromatic heterocycles. The van der Waals surface area contributed by atoms with Crippen molar-refractivity contribution in [1.82, 2.24) is 5.32 Å². The number of aliphatic hydroxyl groups is 1. The van der Waals surface area contributed by atoms with Gasteiger partial charge in [-0.25, -0.2) is 4.79 Å². The molecule has 3 N–H and O–H groups in total. The van der Waals surface area contributed by atoms with Crippen molar-refractivity contribution >= 4 is 17.7 Å². The first-order chi connectivity index (χ1) is 9.10. The molecular formula is C12H14ClNO5. The number of ether oxygens (including phenoxy) is 2. The first-order valence-corrected chi connectivity index (χ1v) is 6.25. The second-order valence-corrected chi connectivity index (χ2v) is 4.48. The summed E-state index contributed by atoms with van der Waals surface area (Å²) in [5.74, 6) is 1.23. The highest BCUT2D eigenvalue weighted by Gasteiger charge is 2.22. The Morgan fingerprint density at radius 2 is 2.16 bits per heavy atom. The first kappa shape index (κ1) is 13.8. The monoisotopic (exact) mass is 287 g/mol. The molecule has 2 atom stereocenters. The van der Waals surface area contributed by atoms with Gasteiger partial charge in [-0.15, -0.1) is 11.6 Å². The molecule has 1 aromatic carbocycles. The van der Waals surface area contributed by atoms with Gasteiger partial charge < -0.3 is 25.0 Å². The maximum atomic E-state index is 10.7. The van der Waals surface area contributed by atoms with Crippen LogP contribution in [0.2, 0.25) is 0 Å². The van der Waals surface area contributed by atoms with Crippen LogP contribution in [0.15, 0.2) is 18.2 Å². The number of benzene rings is 1. The highest BCUT2D eigenvalue weighted by atomic mass is 35.5. The highest BCUT2D eigenvalue weighted by molar-refractivity contribution is 6.18. The minimum absolute atomic E-state index is 0.0461. The van der Waals surface area contributed by atoms with Crippen LogP contribution in [0.5, 0.6) is 11.5 Å². The van der Waals surface area contributed by atoms with Crippen molar-refractivity contribution < 1.29 is 24.5 Å². The molecule has 0 fully saturated rings. The van der Waals surface area contributed by atoms with Gasteiger partial charge in [-0.05, 0) is 24.1 Å². The van der Waals surface area contributed by atoms with Crippen molar-refractivity contribution in [2.24, 2.45) is 0 Å². The zero-order valence-electron chi connectivity index (χ0n) is 10.0. The average Bonchev–Trinajstić information content (AvgIpc) is 2.84. The third-order valence-corrected chi connectivity index (χ3v) is 3.14. The number of carbonyl (C=O) groups is 1. The lowest BCUT2D eigenvalue weighted by Gasteiger charge is -2.21. The van der Waals surface area contributed by atoms with Gasteiger partial charge in [-0.3, -0.25) is 0 Å². The number of carboxylic acid groups (broad SMARTS) is 1. The zero-order valence-corrected chi connectivity index (χ0v) is 10.8. The summed E-state index contributed by atoms with van der Waals surface area (Å²) in [6.45, 7) is 0.180. The van der Waals surface area contributed by atoms with Crippen molar-refractivity contribution in [3.05, 3.63) is 23.8 Å². The van der Waals surface area contributed by atoms with E-state index >= 15 is 0 Å². The van der Waals surface area contributed by atoms with Crippen LogP contribution in [0.4, 0.5) is 4.79 Å². The fourth-order valence-corrected chi connectivity index (χ4v) is 2.09. The largest absolute Gasteiger partial charge is 0.465 e. The lowest BCUT2D eigenvalue weighted by Crippen LogP contribution is -2.45. The molecule has 19 heavy (non-hydrogen) atoms. The van der Waals surface area contributed by atoms with E-state index in [2.05, 4.69) is 5.32 Å². The number of aliphatic hydroxyl groups excluding tert-OH is 1. The number of alkyl halides is 1. The topological polar surface area (TPSA) is 88.0 Å². The Bertz CT molecular complexity index is 467. The lowest BCUT2D eigenvalue weighted by atomic mass is 10.0. The Morgan fingerprint density at radius 1 is 1.42 bits per heavy atom. The summed E-state index contributed by atoms with van der Waals surface area (Å²) in [7, 11) is 0. The molecule has 2 rings (SSSR count). The third-order valence-electron chi connectivity index (χ3n) is 2.82. The first-order valence-electron chi connectivity index (χ1n) is 5.72. The fourth-order valence-electron chi connectivity index (χ4n) is 1.87. The van der Waals surface area contributed by atoms with Crippen molar-refractivity contribution in [1.29, 1.82) is 0 Å². The Hall–Kier alpha value is -1.66. The summed E-state index contributed by atoms with van der Waals surface area (Å²) in [6, 6.07) is 4.64. The summed E-state index contributed by atoms with van der Waals surface area (Å²) in [5.41, 5.74) is 0.826. The van der Waals surface area contributed by atoms with Crippen LogP contribution >= 0.6 is 11.6 Å². The minimum atomic E-state index is -1.20. The molecule has 0 radical (unpaired) electrons. The van der Waals surface area contributed by atoms with Crippen LogP contribution in [0, 0.1) is 0 Å². The maximum Gasteiger partial charge on any atom is 0.404 e. The van der Waals surface area contributed by atoms with Gasteiger partial charge in [0.25, 0.3) is 0 Å². The summed E-state index contributed by atoms with van der Waals surface area (Å²) in [6.07, 6.45) is -1.84. The van der Waals surface area contributed by atoms with E-state index < -0.39 is 18.2 Å². The number of amides is 1. The molecule has 0 aliphatic carbocycles. The number of hydrogen-bond donors (Lipinski definition) is 3. The van der Waals surface area contributed by atoms with E-state index in [-0.39, 0.29) is 12.7 Å². The standard InChI is InChI=1S/C12H14ClNO5/c13-5-9(15)8(14-12(16)17)3-7-1-2-10-11(4-7)19-6-18-10/h1-2,4,8-9,14-15H,3,5-6H2,(H,16,17)/t8-,9+/m0/s1. The molecule has 1 amide bonds. The van der Waals surface area contributed by atoms with Crippen LogP contribution in [0.25, 0.3) is 0 Å². The molecule has 1 heterocycles. The summed E-state index contributed by atoms with van der Waals surface area (Å²) >= 11 is 5.56. The van der Waals surface area contributed by atoms with Gasteiger partial charge >= 0.3 is 6.09 Å². The molecule has 0 spiro atoms. The second-order valence-electron chi connectivity index (χ2n) is 4.17. The quantitative estimate of drug-likeness (QED) is 0.708. The van der Waals surface area contributed by atoms with E-state index in [1.807, 2.05) is 0 Å². The molecule has 0 saturated heterocycles. The molecule has 1 aromatic rings. The smallest absolute Gasteiger partial charge is 0.404 e. The van der Waals surface area contributed by atoms with Crippen molar-refractivity contribution in [2.45, 2.75) is 18.6 Å². The van der Waals surface area contributed by atoms with E-state index in [9.17, 15) is 9.90 Å². The van der Waals surface area contributed by atoms with E-state index in [0.717, 1.165) is 5.56 Å². The van der Waals surface area contributed by atoms with Crippen LogP contribution in [-0.2, 0) is 6.42 Å². The minimum Gasteiger partial charge on any atom is -0.465 e. The molecule has 104 valence electrons. The maximum absolute atomic E-state index is 10.7. The van der Waals surface area contributed by atoms with Gasteiger partial charge in [0.05, 0.1) is 18.0 Å². The average molecular weight is 288 g/mol. The molecule has 1 aliphatic rings. The molecule has 0 unspecified atom stereocenters. The van der Waals surface area contributed by atoms with Gasteiger partial charge in [-0.1, -0.05) is 6.07 Å². The van der Waals surface area contributed by atoms with E-state index in [4.69, 9.17) is 26.2 Å². The number of fused-ring (bicyclic) bond motifs is 1. The van der Waals surface area contributed by atoms with E-state index in [1.54, 1.807) is 18.2 Å². The van der Waals surface area contributed by atoms with Gasteiger partial charge in [-0.2, -0.15) is 0 Å². The van der Waals surface area contributed by atoms with Gasteiger partial charge in [0.15, 0.2) is 11.5 Å². The van der Waals surface area contributed by atoms with Gasteiger partial charge in [0, 0.05) is 0 Å². The Kier molecular flexibility index (Phi) is 4.34. The Morgan fingerprint density at radius 3 is 2.84 bits per heavy atom. The highest BCUT2D eigenvalue weighted by Crippen LogP contribution is 2.32. The predicted octanol–water partition coefficient (Wildman–Crippen LogP) is 1.19. The summed E-state index contributed by atoms with van der Waals surface area (Å²) in [5, 5.41) is 20.7. The van der Waals surface area contributed by atoms with Crippen molar-refractivity contribution in [3.63, 3.8) is 0 Å². The molecule has 6 nitrogen and oxygen atoms in total. The van der Waals surface area contributed by atoms with Crippen molar-refractivity contribution in [3.8, 4) is 11.5 Å². The number of nitrogens with one attached hydrogen (secondary N) is 1. The molecule has 7 heteroatoms. The molecule has 0 bridgehead atoms. The summed E-state index contributed by atoms with van der Waals surface area (Å²) in [4.78, 5) is 10.7. The Balaban J connectivity index is 2.09. The van der Waals surface area contributed by atoms with Gasteiger partial charge in [0.2, 0.25) is 6.79 Å². The third kappa shape index (κ3) is 3.42. The Labute approximate surface area is 114 Å². The normalized spacial score (nSPS) is 15.9. The van der Waals surface area contributed by atoms with Crippen LogP contribution in [0.3, 0.4) is 0 Å². The number of halogens is 1. The zero-order chi connectivity index (χ0) is 13.8. The van der Waals surface area contributed by atoms with Crippen molar-refractivity contribution in [2.75, 3.05) is 12.7 Å². The number of hydrogen-bond acceptors (Lipinski definition) is 4. The van der Waals surface area contributed by atoms with Crippen LogP contribution < -0.4 is 14.8 Å².